The number of aldehydes is 1. The van der Waals surface area contributed by atoms with Crippen molar-refractivity contribution < 1.29 is 4.79 Å². The summed E-state index contributed by atoms with van der Waals surface area (Å²) in [4.78, 5) is 17.3. The Morgan fingerprint density at radius 3 is 3.18 bits per heavy atom. The Morgan fingerprint density at radius 2 is 2.55 bits per heavy atom. The molecule has 11 heavy (non-hydrogen) atoms. The third-order valence-corrected chi connectivity index (χ3v) is 1.76. The van der Waals surface area contributed by atoms with Crippen LogP contribution in [0.5, 0.6) is 0 Å². The summed E-state index contributed by atoms with van der Waals surface area (Å²) in [5, 5.41) is 0. The minimum Gasteiger partial charge on any atom is -0.321 e. The number of rotatable bonds is 1. The number of aryl methyl sites for hydroxylation is 1. The summed E-state index contributed by atoms with van der Waals surface area (Å²) >= 11 is 0. The maximum absolute atomic E-state index is 10.4. The van der Waals surface area contributed by atoms with Crippen molar-refractivity contribution in [1.82, 2.24) is 14.4 Å². The highest BCUT2D eigenvalue weighted by Gasteiger charge is 2.04. The van der Waals surface area contributed by atoms with Crippen LogP contribution in [0.4, 0.5) is 0 Å². The Morgan fingerprint density at radius 1 is 1.73 bits per heavy atom. The number of aromatic amines is 1. The Kier molecular flexibility index (Phi) is 1.09. The first-order chi connectivity index (χ1) is 5.33. The van der Waals surface area contributed by atoms with Crippen molar-refractivity contribution in [3.8, 4) is 0 Å². The van der Waals surface area contributed by atoms with E-state index in [2.05, 4.69) is 9.97 Å². The van der Waals surface area contributed by atoms with Gasteiger partial charge in [0.25, 0.3) is 0 Å². The molecule has 0 amide bonds. The standard InChI is InChI=1S/C7H7N3O/c1-5-6(4-11)9-7-8-2-3-10(5)7/h2-4H,1H3,(H,8,9). The zero-order valence-electron chi connectivity index (χ0n) is 6.03. The molecule has 4 nitrogen and oxygen atoms in total. The number of hydrogen-bond donors (Lipinski definition) is 1. The van der Waals surface area contributed by atoms with Gasteiger partial charge in [-0.15, -0.1) is 0 Å². The van der Waals surface area contributed by atoms with Crippen LogP contribution >= 0.6 is 0 Å². The van der Waals surface area contributed by atoms with E-state index >= 15 is 0 Å². The van der Waals surface area contributed by atoms with E-state index in [1.54, 1.807) is 6.20 Å². The van der Waals surface area contributed by atoms with Crippen molar-refractivity contribution in [1.29, 1.82) is 0 Å². The van der Waals surface area contributed by atoms with Crippen LogP contribution in [0.2, 0.25) is 0 Å². The molecule has 2 aromatic rings. The monoisotopic (exact) mass is 149 g/mol. The van der Waals surface area contributed by atoms with E-state index in [9.17, 15) is 4.79 Å². The summed E-state index contributed by atoms with van der Waals surface area (Å²) in [6.07, 6.45) is 4.30. The topological polar surface area (TPSA) is 50.2 Å². The molecule has 0 aliphatic carbocycles. The predicted octanol–water partition coefficient (Wildman–Crippen LogP) is 0.783. The molecule has 2 rings (SSSR count). The van der Waals surface area contributed by atoms with Gasteiger partial charge >= 0.3 is 0 Å². The fourth-order valence-electron chi connectivity index (χ4n) is 1.12. The van der Waals surface area contributed by atoms with Crippen molar-refractivity contribution >= 4 is 12.1 Å². The molecule has 0 bridgehead atoms. The van der Waals surface area contributed by atoms with Gasteiger partial charge in [0.15, 0.2) is 6.29 Å². The number of H-pyrrole nitrogens is 1. The number of nitrogens with one attached hydrogen (secondary N) is 1. The Balaban J connectivity index is 2.86. The molecule has 2 heterocycles. The van der Waals surface area contributed by atoms with Crippen LogP contribution in [0.3, 0.4) is 0 Å². The molecule has 0 fully saturated rings. The van der Waals surface area contributed by atoms with Gasteiger partial charge in [0.2, 0.25) is 5.78 Å². The quantitative estimate of drug-likeness (QED) is 0.609. The smallest absolute Gasteiger partial charge is 0.211 e. The van der Waals surface area contributed by atoms with E-state index < -0.39 is 0 Å². The van der Waals surface area contributed by atoms with E-state index in [1.807, 2.05) is 17.5 Å². The number of aromatic nitrogens is 3. The van der Waals surface area contributed by atoms with E-state index in [0.29, 0.717) is 11.5 Å². The molecule has 0 aliphatic heterocycles. The van der Waals surface area contributed by atoms with Gasteiger partial charge in [-0.05, 0) is 6.92 Å². The van der Waals surface area contributed by atoms with Crippen LogP contribution in [0.25, 0.3) is 5.78 Å². The average Bonchev–Trinajstić information content (AvgIpc) is 2.53. The van der Waals surface area contributed by atoms with E-state index in [0.717, 1.165) is 12.0 Å². The second-order valence-corrected chi connectivity index (χ2v) is 2.36. The molecule has 0 aliphatic rings. The zero-order chi connectivity index (χ0) is 7.84. The molecule has 56 valence electrons. The lowest BCUT2D eigenvalue weighted by atomic mass is 10.4. The summed E-state index contributed by atoms with van der Waals surface area (Å²) in [6, 6.07) is 0. The minimum absolute atomic E-state index is 0.591. The molecule has 0 radical (unpaired) electrons. The molecule has 2 aromatic heterocycles. The summed E-state index contributed by atoms with van der Waals surface area (Å²) in [7, 11) is 0. The lowest BCUT2D eigenvalue weighted by molar-refractivity contribution is 0.111. The summed E-state index contributed by atoms with van der Waals surface area (Å²) < 4.78 is 1.84. The lowest BCUT2D eigenvalue weighted by Crippen LogP contribution is -1.85. The van der Waals surface area contributed by atoms with Gasteiger partial charge in [-0.3, -0.25) is 9.20 Å². The lowest BCUT2D eigenvalue weighted by Gasteiger charge is -1.85. The minimum atomic E-state index is 0.591. The highest BCUT2D eigenvalue weighted by atomic mass is 16.1. The summed E-state index contributed by atoms with van der Waals surface area (Å²) in [5.74, 6) is 0.713. The third-order valence-electron chi connectivity index (χ3n) is 1.76. The Hall–Kier alpha value is -1.58. The second-order valence-electron chi connectivity index (χ2n) is 2.36. The first-order valence-corrected chi connectivity index (χ1v) is 3.29. The average molecular weight is 149 g/mol. The summed E-state index contributed by atoms with van der Waals surface area (Å²) in [5.41, 5.74) is 1.49. The fourth-order valence-corrected chi connectivity index (χ4v) is 1.12. The first kappa shape index (κ1) is 6.15. The molecule has 4 heteroatoms. The van der Waals surface area contributed by atoms with Crippen molar-refractivity contribution in [3.05, 3.63) is 23.8 Å². The SMILES string of the molecule is Cc1c(C=O)[nH]c2nccn12. The molecule has 0 saturated heterocycles. The first-order valence-electron chi connectivity index (χ1n) is 3.29. The van der Waals surface area contributed by atoms with Crippen molar-refractivity contribution in [2.24, 2.45) is 0 Å². The number of fused-ring (bicyclic) bond motifs is 1. The largest absolute Gasteiger partial charge is 0.321 e. The molecule has 0 atom stereocenters. The third kappa shape index (κ3) is 0.690. The van der Waals surface area contributed by atoms with Crippen molar-refractivity contribution in [2.75, 3.05) is 0 Å². The van der Waals surface area contributed by atoms with Gasteiger partial charge in [0.1, 0.15) is 5.69 Å². The van der Waals surface area contributed by atoms with Gasteiger partial charge in [-0.2, -0.15) is 0 Å². The predicted molar refractivity (Wildman–Crippen MR) is 39.7 cm³/mol. The number of hydrogen-bond acceptors (Lipinski definition) is 2. The molecule has 0 saturated carbocycles. The zero-order valence-corrected chi connectivity index (χ0v) is 6.03. The van der Waals surface area contributed by atoms with Gasteiger partial charge < -0.3 is 4.98 Å². The summed E-state index contributed by atoms with van der Waals surface area (Å²) in [6.45, 7) is 1.87. The molecule has 0 unspecified atom stereocenters. The number of nitrogens with zero attached hydrogens (tertiary/aromatic N) is 2. The Bertz CT molecular complexity index is 399. The highest BCUT2D eigenvalue weighted by molar-refractivity contribution is 5.75. The van der Waals surface area contributed by atoms with E-state index in [1.165, 1.54) is 0 Å². The van der Waals surface area contributed by atoms with E-state index in [4.69, 9.17) is 0 Å². The second kappa shape index (κ2) is 1.95. The number of carbonyl (C=O) groups is 1. The highest BCUT2D eigenvalue weighted by Crippen LogP contribution is 2.06. The van der Waals surface area contributed by atoms with Gasteiger partial charge in [0.05, 0.1) is 0 Å². The fraction of sp³-hybridized carbons (Fsp3) is 0.143. The van der Waals surface area contributed by atoms with Crippen molar-refractivity contribution in [2.45, 2.75) is 6.92 Å². The normalized spacial score (nSPS) is 10.6. The molecule has 0 spiro atoms. The van der Waals surface area contributed by atoms with Crippen molar-refractivity contribution in [3.63, 3.8) is 0 Å². The van der Waals surface area contributed by atoms with Gasteiger partial charge in [-0.1, -0.05) is 0 Å². The molecule has 1 N–H and O–H groups in total. The van der Waals surface area contributed by atoms with Gasteiger partial charge in [0, 0.05) is 18.1 Å². The number of imidazole rings is 2. The van der Waals surface area contributed by atoms with Crippen LogP contribution in [0.1, 0.15) is 16.2 Å². The van der Waals surface area contributed by atoms with Crippen LogP contribution < -0.4 is 0 Å². The van der Waals surface area contributed by atoms with E-state index in [-0.39, 0.29) is 0 Å². The number of carbonyl (C=O) groups excluding carboxylic acids is 1. The molecular formula is C7H7N3O. The van der Waals surface area contributed by atoms with Crippen LogP contribution in [-0.4, -0.2) is 20.7 Å². The molecule has 0 aromatic carbocycles. The van der Waals surface area contributed by atoms with Crippen LogP contribution in [-0.2, 0) is 0 Å². The Labute approximate surface area is 62.9 Å². The van der Waals surface area contributed by atoms with Crippen LogP contribution in [0.15, 0.2) is 12.4 Å². The molecular weight excluding hydrogens is 142 g/mol. The maximum atomic E-state index is 10.4. The van der Waals surface area contributed by atoms with Gasteiger partial charge in [-0.25, -0.2) is 4.98 Å². The van der Waals surface area contributed by atoms with Crippen LogP contribution in [0, 0.1) is 6.92 Å². The maximum Gasteiger partial charge on any atom is 0.211 e.